The Bertz CT molecular complexity index is 766. The zero-order valence-electron chi connectivity index (χ0n) is 13.4. The highest BCUT2D eigenvalue weighted by Crippen LogP contribution is 2.32. The van der Waals surface area contributed by atoms with Gasteiger partial charge in [-0.1, -0.05) is 0 Å². The predicted octanol–water partition coefficient (Wildman–Crippen LogP) is 2.64. The summed E-state index contributed by atoms with van der Waals surface area (Å²) in [6, 6.07) is 8.50. The molecule has 1 aromatic heterocycles. The number of ether oxygens (including phenoxy) is 3. The topological polar surface area (TPSA) is 87.0 Å². The summed E-state index contributed by atoms with van der Waals surface area (Å²) in [7, 11) is 0. The van der Waals surface area contributed by atoms with Crippen molar-refractivity contribution < 1.29 is 28.2 Å². The van der Waals surface area contributed by atoms with Gasteiger partial charge in [0.05, 0.1) is 19.5 Å². The number of fused-ring (bicyclic) bond motifs is 1. The van der Waals surface area contributed by atoms with Crippen molar-refractivity contribution in [3.63, 3.8) is 0 Å². The number of furan rings is 1. The van der Waals surface area contributed by atoms with Crippen molar-refractivity contribution >= 4 is 23.6 Å². The smallest absolute Gasteiger partial charge is 0.331 e. The van der Waals surface area contributed by atoms with Gasteiger partial charge in [-0.2, -0.15) is 0 Å². The van der Waals surface area contributed by atoms with Crippen molar-refractivity contribution in [1.82, 2.24) is 0 Å². The third kappa shape index (κ3) is 4.87. The minimum atomic E-state index is -0.634. The molecule has 25 heavy (non-hydrogen) atoms. The molecule has 0 atom stereocenters. The molecule has 7 heteroatoms. The molecule has 0 spiro atoms. The summed E-state index contributed by atoms with van der Waals surface area (Å²) in [6.07, 6.45) is 4.95. The lowest BCUT2D eigenvalue weighted by atomic mass is 10.2. The van der Waals surface area contributed by atoms with E-state index in [9.17, 15) is 9.59 Å². The molecule has 0 unspecified atom stereocenters. The molecule has 0 fully saturated rings. The summed E-state index contributed by atoms with van der Waals surface area (Å²) in [5, 5.41) is 2.64. The van der Waals surface area contributed by atoms with Gasteiger partial charge in [0.2, 0.25) is 0 Å². The lowest BCUT2D eigenvalue weighted by Gasteiger charge is -2.10. The molecular weight excluding hydrogens is 326 g/mol. The molecule has 1 aliphatic rings. The number of carbonyl (C=O) groups excluding carboxylic acids is 2. The van der Waals surface area contributed by atoms with Crippen LogP contribution in [0.5, 0.6) is 11.5 Å². The maximum atomic E-state index is 11.9. The van der Waals surface area contributed by atoms with Crippen molar-refractivity contribution in [1.29, 1.82) is 0 Å². The van der Waals surface area contributed by atoms with E-state index < -0.39 is 18.5 Å². The Balaban J connectivity index is 1.49. The average Bonchev–Trinajstić information content (AvgIpc) is 3.02. The molecule has 2 aromatic rings. The van der Waals surface area contributed by atoms with Gasteiger partial charge in [0, 0.05) is 24.3 Å². The number of rotatable bonds is 5. The SMILES string of the molecule is O=C(COC(=O)/C=C/c1ccco1)Nc1ccc2c(c1)OCCCO2. The Morgan fingerprint density at radius 1 is 1.16 bits per heavy atom. The highest BCUT2D eigenvalue weighted by atomic mass is 16.5. The highest BCUT2D eigenvalue weighted by molar-refractivity contribution is 5.94. The normalized spacial score (nSPS) is 13.3. The molecule has 1 amide bonds. The molecule has 1 aliphatic heterocycles. The van der Waals surface area contributed by atoms with Crippen LogP contribution in [-0.4, -0.2) is 31.7 Å². The molecule has 0 aliphatic carbocycles. The van der Waals surface area contributed by atoms with Gasteiger partial charge in [-0.25, -0.2) is 4.79 Å². The number of hydrogen-bond donors (Lipinski definition) is 1. The number of hydrogen-bond acceptors (Lipinski definition) is 6. The minimum Gasteiger partial charge on any atom is -0.490 e. The summed E-state index contributed by atoms with van der Waals surface area (Å²) in [5.74, 6) is 0.659. The zero-order chi connectivity index (χ0) is 17.5. The summed E-state index contributed by atoms with van der Waals surface area (Å²) in [5.41, 5.74) is 0.538. The number of nitrogens with one attached hydrogen (secondary N) is 1. The number of esters is 1. The van der Waals surface area contributed by atoms with Gasteiger partial charge < -0.3 is 23.9 Å². The second-order valence-electron chi connectivity index (χ2n) is 5.22. The lowest BCUT2D eigenvalue weighted by molar-refractivity contribution is -0.142. The quantitative estimate of drug-likeness (QED) is 0.663. The number of amides is 1. The first-order valence-electron chi connectivity index (χ1n) is 7.78. The number of carbonyl (C=O) groups is 2. The Labute approximate surface area is 144 Å². The van der Waals surface area contributed by atoms with Crippen LogP contribution < -0.4 is 14.8 Å². The van der Waals surface area contributed by atoms with Crippen LogP contribution in [0.4, 0.5) is 5.69 Å². The molecule has 2 heterocycles. The van der Waals surface area contributed by atoms with E-state index >= 15 is 0 Å². The van der Waals surface area contributed by atoms with E-state index in [0.717, 1.165) is 6.42 Å². The zero-order valence-corrected chi connectivity index (χ0v) is 13.4. The van der Waals surface area contributed by atoms with Gasteiger partial charge in [-0.3, -0.25) is 4.79 Å². The molecule has 0 bridgehead atoms. The second-order valence-corrected chi connectivity index (χ2v) is 5.22. The molecular formula is C18H17NO6. The Morgan fingerprint density at radius 3 is 2.80 bits per heavy atom. The third-order valence-corrected chi connectivity index (χ3v) is 3.30. The Kier molecular flexibility index (Phi) is 5.36. The molecule has 0 saturated heterocycles. The number of benzene rings is 1. The summed E-state index contributed by atoms with van der Waals surface area (Å²) < 4.78 is 21.0. The fourth-order valence-electron chi connectivity index (χ4n) is 2.16. The summed E-state index contributed by atoms with van der Waals surface area (Å²) in [6.45, 7) is 0.764. The van der Waals surface area contributed by atoms with Crippen LogP contribution in [0.25, 0.3) is 6.08 Å². The van der Waals surface area contributed by atoms with Crippen LogP contribution in [0.15, 0.2) is 47.1 Å². The van der Waals surface area contributed by atoms with Crippen molar-refractivity contribution in [3.05, 3.63) is 48.4 Å². The van der Waals surface area contributed by atoms with Crippen molar-refractivity contribution in [3.8, 4) is 11.5 Å². The summed E-state index contributed by atoms with van der Waals surface area (Å²) >= 11 is 0. The fourth-order valence-corrected chi connectivity index (χ4v) is 2.16. The monoisotopic (exact) mass is 343 g/mol. The first-order chi connectivity index (χ1) is 12.2. The van der Waals surface area contributed by atoms with Crippen molar-refractivity contribution in [2.75, 3.05) is 25.1 Å². The van der Waals surface area contributed by atoms with Gasteiger partial charge in [0.1, 0.15) is 5.76 Å². The second kappa shape index (κ2) is 8.05. The Morgan fingerprint density at radius 2 is 2.00 bits per heavy atom. The van der Waals surface area contributed by atoms with Gasteiger partial charge in [0.15, 0.2) is 18.1 Å². The largest absolute Gasteiger partial charge is 0.490 e. The maximum Gasteiger partial charge on any atom is 0.331 e. The third-order valence-electron chi connectivity index (χ3n) is 3.30. The van der Waals surface area contributed by atoms with Gasteiger partial charge in [-0.05, 0) is 30.3 Å². The van der Waals surface area contributed by atoms with E-state index in [1.807, 2.05) is 0 Å². The van der Waals surface area contributed by atoms with E-state index in [4.69, 9.17) is 18.6 Å². The van der Waals surface area contributed by atoms with E-state index in [0.29, 0.717) is 36.2 Å². The van der Waals surface area contributed by atoms with Crippen LogP contribution in [-0.2, 0) is 14.3 Å². The van der Waals surface area contributed by atoms with Crippen LogP contribution in [0, 0.1) is 0 Å². The maximum absolute atomic E-state index is 11.9. The van der Waals surface area contributed by atoms with Crippen LogP contribution in [0.1, 0.15) is 12.2 Å². The van der Waals surface area contributed by atoms with Crippen LogP contribution in [0.3, 0.4) is 0 Å². The standard InChI is InChI=1S/C18H17NO6/c20-17(12-25-18(21)7-5-14-3-1-8-22-14)19-13-4-6-15-16(11-13)24-10-2-9-23-15/h1,3-8,11H,2,9-10,12H2,(H,19,20)/b7-5+. The molecule has 0 radical (unpaired) electrons. The molecule has 1 N–H and O–H groups in total. The molecule has 1 aromatic carbocycles. The van der Waals surface area contributed by atoms with Gasteiger partial charge in [0.25, 0.3) is 5.91 Å². The average molecular weight is 343 g/mol. The van der Waals surface area contributed by atoms with E-state index in [2.05, 4.69) is 5.32 Å². The first kappa shape index (κ1) is 16.6. The van der Waals surface area contributed by atoms with E-state index in [1.54, 1.807) is 30.3 Å². The van der Waals surface area contributed by atoms with E-state index in [1.165, 1.54) is 18.4 Å². The molecule has 130 valence electrons. The molecule has 3 rings (SSSR count). The first-order valence-corrected chi connectivity index (χ1v) is 7.78. The summed E-state index contributed by atoms with van der Waals surface area (Å²) in [4.78, 5) is 23.4. The van der Waals surface area contributed by atoms with E-state index in [-0.39, 0.29) is 0 Å². The van der Waals surface area contributed by atoms with Gasteiger partial charge in [-0.15, -0.1) is 0 Å². The number of anilines is 1. The van der Waals surface area contributed by atoms with Crippen molar-refractivity contribution in [2.45, 2.75) is 6.42 Å². The highest BCUT2D eigenvalue weighted by Gasteiger charge is 2.12. The fraction of sp³-hybridized carbons (Fsp3) is 0.222. The van der Waals surface area contributed by atoms with Crippen LogP contribution >= 0.6 is 0 Å². The predicted molar refractivity (Wildman–Crippen MR) is 89.4 cm³/mol. The van der Waals surface area contributed by atoms with Gasteiger partial charge >= 0.3 is 5.97 Å². The Hall–Kier alpha value is -3.22. The minimum absolute atomic E-state index is 0.393. The van der Waals surface area contributed by atoms with Crippen molar-refractivity contribution in [2.24, 2.45) is 0 Å². The lowest BCUT2D eigenvalue weighted by Crippen LogP contribution is -2.20. The molecule has 0 saturated carbocycles. The molecule has 7 nitrogen and oxygen atoms in total. The van der Waals surface area contributed by atoms with Crippen LogP contribution in [0.2, 0.25) is 0 Å².